The number of aromatic nitrogens is 1. The Hall–Kier alpha value is -1.36. The van der Waals surface area contributed by atoms with E-state index in [1.807, 2.05) is 0 Å². The normalized spacial score (nSPS) is 17.9. The molecule has 0 aliphatic carbocycles. The minimum Gasteiger partial charge on any atom is -0.351 e. The third-order valence-electron chi connectivity index (χ3n) is 2.28. The van der Waals surface area contributed by atoms with Crippen molar-refractivity contribution in [2.24, 2.45) is 0 Å². The van der Waals surface area contributed by atoms with E-state index in [1.165, 1.54) is 6.20 Å². The molecular formula is C9H13N3O2. The van der Waals surface area contributed by atoms with Gasteiger partial charge in [-0.25, -0.2) is 0 Å². The van der Waals surface area contributed by atoms with Gasteiger partial charge in [-0.05, 0) is 13.0 Å². The van der Waals surface area contributed by atoms with Crippen molar-refractivity contribution in [3.8, 4) is 0 Å². The average Bonchev–Trinajstić information content (AvgIpc) is 2.59. The van der Waals surface area contributed by atoms with Gasteiger partial charge in [0.15, 0.2) is 0 Å². The maximum absolute atomic E-state index is 11.8. The summed E-state index contributed by atoms with van der Waals surface area (Å²) in [6.45, 7) is 3.34. The van der Waals surface area contributed by atoms with Crippen molar-refractivity contribution in [1.29, 1.82) is 0 Å². The van der Waals surface area contributed by atoms with Crippen LogP contribution >= 0.6 is 0 Å². The summed E-state index contributed by atoms with van der Waals surface area (Å²) in [7, 11) is 0. The molecule has 5 nitrogen and oxygen atoms in total. The molecule has 0 atom stereocenters. The van der Waals surface area contributed by atoms with Crippen LogP contribution in [-0.2, 0) is 0 Å². The van der Waals surface area contributed by atoms with Crippen molar-refractivity contribution in [2.75, 3.05) is 26.2 Å². The topological polar surface area (TPSA) is 58.4 Å². The largest absolute Gasteiger partial charge is 0.351 e. The first-order valence-corrected chi connectivity index (χ1v) is 4.78. The van der Waals surface area contributed by atoms with Gasteiger partial charge >= 0.3 is 0 Å². The number of amides is 1. The van der Waals surface area contributed by atoms with Crippen LogP contribution in [0, 0.1) is 0 Å². The van der Waals surface area contributed by atoms with Crippen LogP contribution in [0.15, 0.2) is 16.8 Å². The fraction of sp³-hybridized carbons (Fsp3) is 0.556. The number of hydrogen-bond acceptors (Lipinski definition) is 4. The van der Waals surface area contributed by atoms with Crippen LogP contribution in [0.1, 0.15) is 17.0 Å². The zero-order valence-electron chi connectivity index (χ0n) is 7.90. The fourth-order valence-corrected chi connectivity index (χ4v) is 1.53. The highest BCUT2D eigenvalue weighted by atomic mass is 16.5. The zero-order valence-corrected chi connectivity index (χ0v) is 7.90. The van der Waals surface area contributed by atoms with Gasteiger partial charge in [0.25, 0.3) is 5.91 Å². The number of nitrogens with zero attached hydrogens (tertiary/aromatic N) is 2. The lowest BCUT2D eigenvalue weighted by Gasteiger charge is -2.17. The van der Waals surface area contributed by atoms with Gasteiger partial charge < -0.3 is 14.7 Å². The van der Waals surface area contributed by atoms with Gasteiger partial charge in [-0.3, -0.25) is 4.79 Å². The molecule has 1 aromatic heterocycles. The van der Waals surface area contributed by atoms with Crippen LogP contribution in [0.4, 0.5) is 0 Å². The summed E-state index contributed by atoms with van der Waals surface area (Å²) in [5.41, 5.74) is 0. The standard InChI is InChI=1S/C9H13N3O2/c13-9(8-2-4-11-14-8)12-6-1-3-10-5-7-12/h2,4,10H,1,3,5-7H2. The number of carbonyl (C=O) groups excluding carboxylic acids is 1. The van der Waals surface area contributed by atoms with Crippen LogP contribution in [-0.4, -0.2) is 42.1 Å². The molecule has 1 saturated heterocycles. The highest BCUT2D eigenvalue weighted by molar-refractivity contribution is 5.91. The first-order chi connectivity index (χ1) is 6.88. The fourth-order valence-electron chi connectivity index (χ4n) is 1.53. The first kappa shape index (κ1) is 9.21. The maximum Gasteiger partial charge on any atom is 0.292 e. The third kappa shape index (κ3) is 1.93. The Kier molecular flexibility index (Phi) is 2.78. The number of hydrogen-bond donors (Lipinski definition) is 1. The predicted octanol–water partition coefficient (Wildman–Crippen LogP) is 0.110. The minimum absolute atomic E-state index is 0.0637. The van der Waals surface area contributed by atoms with Crippen LogP contribution in [0.5, 0.6) is 0 Å². The molecule has 14 heavy (non-hydrogen) atoms. The van der Waals surface area contributed by atoms with E-state index >= 15 is 0 Å². The summed E-state index contributed by atoms with van der Waals surface area (Å²) < 4.78 is 4.83. The van der Waals surface area contributed by atoms with E-state index in [1.54, 1.807) is 11.0 Å². The predicted molar refractivity (Wildman–Crippen MR) is 49.9 cm³/mol. The Morgan fingerprint density at radius 1 is 1.50 bits per heavy atom. The average molecular weight is 195 g/mol. The molecule has 76 valence electrons. The van der Waals surface area contributed by atoms with E-state index in [4.69, 9.17) is 4.52 Å². The summed E-state index contributed by atoms with van der Waals surface area (Å²) in [5, 5.41) is 6.76. The van der Waals surface area contributed by atoms with Crippen LogP contribution in [0.2, 0.25) is 0 Å². The van der Waals surface area contributed by atoms with Crippen molar-refractivity contribution in [1.82, 2.24) is 15.4 Å². The number of rotatable bonds is 1. The lowest BCUT2D eigenvalue weighted by atomic mass is 10.3. The van der Waals surface area contributed by atoms with Gasteiger partial charge in [-0.15, -0.1) is 0 Å². The molecular weight excluding hydrogens is 182 g/mol. The van der Waals surface area contributed by atoms with Crippen molar-refractivity contribution in [2.45, 2.75) is 6.42 Å². The highest BCUT2D eigenvalue weighted by Gasteiger charge is 2.19. The Bertz CT molecular complexity index is 289. The molecule has 1 amide bonds. The number of carbonyl (C=O) groups is 1. The molecule has 1 fully saturated rings. The summed E-state index contributed by atoms with van der Waals surface area (Å²) in [6.07, 6.45) is 2.48. The first-order valence-electron chi connectivity index (χ1n) is 4.78. The minimum atomic E-state index is -0.0637. The molecule has 2 rings (SSSR count). The molecule has 0 spiro atoms. The summed E-state index contributed by atoms with van der Waals surface area (Å²) in [5.74, 6) is 0.262. The quantitative estimate of drug-likeness (QED) is 0.691. The molecule has 1 aromatic rings. The monoisotopic (exact) mass is 195 g/mol. The summed E-state index contributed by atoms with van der Waals surface area (Å²) in [4.78, 5) is 13.6. The Morgan fingerprint density at radius 2 is 2.43 bits per heavy atom. The van der Waals surface area contributed by atoms with Crippen LogP contribution < -0.4 is 5.32 Å². The summed E-state index contributed by atoms with van der Waals surface area (Å²) in [6, 6.07) is 1.60. The Labute approximate surface area is 82.1 Å². The van der Waals surface area contributed by atoms with E-state index in [0.29, 0.717) is 5.76 Å². The molecule has 0 unspecified atom stereocenters. The smallest absolute Gasteiger partial charge is 0.292 e. The molecule has 0 saturated carbocycles. The van der Waals surface area contributed by atoms with Crippen molar-refractivity contribution < 1.29 is 9.32 Å². The lowest BCUT2D eigenvalue weighted by molar-refractivity contribution is 0.0724. The molecule has 0 radical (unpaired) electrons. The van der Waals surface area contributed by atoms with E-state index < -0.39 is 0 Å². The van der Waals surface area contributed by atoms with Gasteiger partial charge in [-0.1, -0.05) is 5.16 Å². The number of nitrogens with one attached hydrogen (secondary N) is 1. The van der Waals surface area contributed by atoms with Crippen molar-refractivity contribution in [3.63, 3.8) is 0 Å². The zero-order chi connectivity index (χ0) is 9.80. The lowest BCUT2D eigenvalue weighted by Crippen LogP contribution is -2.33. The maximum atomic E-state index is 11.8. The molecule has 0 aromatic carbocycles. The van der Waals surface area contributed by atoms with Gasteiger partial charge in [-0.2, -0.15) is 0 Å². The van der Waals surface area contributed by atoms with E-state index in [-0.39, 0.29) is 5.91 Å². The molecule has 0 bridgehead atoms. The Balaban J connectivity index is 2.03. The molecule has 1 N–H and O–H groups in total. The van der Waals surface area contributed by atoms with E-state index in [0.717, 1.165) is 32.6 Å². The van der Waals surface area contributed by atoms with E-state index in [9.17, 15) is 4.79 Å². The summed E-state index contributed by atoms with van der Waals surface area (Å²) >= 11 is 0. The SMILES string of the molecule is O=C(c1ccno1)N1CCCNCC1. The Morgan fingerprint density at radius 3 is 3.21 bits per heavy atom. The molecule has 1 aliphatic heterocycles. The second-order valence-corrected chi connectivity index (χ2v) is 3.27. The van der Waals surface area contributed by atoms with Crippen LogP contribution in [0.3, 0.4) is 0 Å². The van der Waals surface area contributed by atoms with Gasteiger partial charge in [0.2, 0.25) is 5.76 Å². The van der Waals surface area contributed by atoms with Crippen molar-refractivity contribution >= 4 is 5.91 Å². The molecule has 2 heterocycles. The third-order valence-corrected chi connectivity index (χ3v) is 2.28. The van der Waals surface area contributed by atoms with Gasteiger partial charge in [0, 0.05) is 25.7 Å². The van der Waals surface area contributed by atoms with Crippen LogP contribution in [0.25, 0.3) is 0 Å². The molecule has 5 heteroatoms. The second kappa shape index (κ2) is 4.23. The highest BCUT2D eigenvalue weighted by Crippen LogP contribution is 2.05. The van der Waals surface area contributed by atoms with Gasteiger partial charge in [0.05, 0.1) is 6.20 Å². The van der Waals surface area contributed by atoms with E-state index in [2.05, 4.69) is 10.5 Å². The van der Waals surface area contributed by atoms with Crippen molar-refractivity contribution in [3.05, 3.63) is 18.0 Å². The second-order valence-electron chi connectivity index (χ2n) is 3.27. The molecule has 1 aliphatic rings. The van der Waals surface area contributed by atoms with Gasteiger partial charge in [0.1, 0.15) is 0 Å².